The minimum Gasteiger partial charge on any atom is -0.483 e. The highest BCUT2D eigenvalue weighted by molar-refractivity contribution is 6.03. The van der Waals surface area contributed by atoms with Crippen LogP contribution in [0.1, 0.15) is 50.2 Å². The maximum Gasteiger partial charge on any atom is 0.292 e. The second-order valence-electron chi connectivity index (χ2n) is 9.01. The van der Waals surface area contributed by atoms with Crippen molar-refractivity contribution in [2.75, 3.05) is 25.0 Å². The van der Waals surface area contributed by atoms with Gasteiger partial charge in [-0.15, -0.1) is 0 Å². The number of rotatable bonds is 12. The third-order valence-electron chi connectivity index (χ3n) is 6.22. The van der Waals surface area contributed by atoms with E-state index < -0.39 is 0 Å². The lowest BCUT2D eigenvalue weighted by Crippen LogP contribution is -2.33. The van der Waals surface area contributed by atoms with Crippen LogP contribution in [-0.4, -0.2) is 42.4 Å². The molecule has 0 spiro atoms. The van der Waals surface area contributed by atoms with E-state index in [1.807, 2.05) is 30.3 Å². The Labute approximate surface area is 209 Å². The molecule has 1 aliphatic rings. The van der Waals surface area contributed by atoms with Crippen LogP contribution in [0.5, 0.6) is 0 Å². The lowest BCUT2D eigenvalue weighted by molar-refractivity contribution is -0.117. The number of allylic oxidation sites excluding steroid dienone is 1. The first-order chi connectivity index (χ1) is 17.1. The molecule has 1 amide bonds. The predicted octanol–water partition coefficient (Wildman–Crippen LogP) is 5.41. The fourth-order valence-electron chi connectivity index (χ4n) is 4.33. The van der Waals surface area contributed by atoms with Crippen LogP contribution in [0.3, 0.4) is 0 Å². The van der Waals surface area contributed by atoms with E-state index in [2.05, 4.69) is 59.5 Å². The van der Waals surface area contributed by atoms with Crippen molar-refractivity contribution in [3.8, 4) is 0 Å². The van der Waals surface area contributed by atoms with Crippen molar-refractivity contribution in [3.05, 3.63) is 83.3 Å². The number of carbonyl (C=O) groups excluding carboxylic acids is 1. The van der Waals surface area contributed by atoms with Gasteiger partial charge < -0.3 is 15.4 Å². The summed E-state index contributed by atoms with van der Waals surface area (Å²) in [5.41, 5.74) is 3.74. The van der Waals surface area contributed by atoms with Gasteiger partial charge in [0, 0.05) is 31.4 Å². The number of hydrogen-bond donors (Lipinski definition) is 3. The van der Waals surface area contributed by atoms with E-state index in [1.165, 1.54) is 23.6 Å². The second kappa shape index (κ2) is 14.1. The molecule has 0 heterocycles. The van der Waals surface area contributed by atoms with Gasteiger partial charge in [-0.2, -0.15) is 0 Å². The fourth-order valence-corrected chi connectivity index (χ4v) is 4.33. The summed E-state index contributed by atoms with van der Waals surface area (Å²) in [5, 5.41) is 13.8. The van der Waals surface area contributed by atoms with Crippen LogP contribution >= 0.6 is 0 Å². The molecule has 2 aromatic rings. The van der Waals surface area contributed by atoms with Crippen LogP contribution in [-0.2, 0) is 16.1 Å². The highest BCUT2D eigenvalue weighted by Crippen LogP contribution is 2.24. The Hall–Kier alpha value is -3.34. The Balaban J connectivity index is 1.73. The molecule has 6 heteroatoms. The smallest absolute Gasteiger partial charge is 0.292 e. The van der Waals surface area contributed by atoms with Crippen molar-refractivity contribution >= 4 is 17.5 Å². The normalized spacial score (nSPS) is 14.6. The molecule has 35 heavy (non-hydrogen) atoms. The Morgan fingerprint density at radius 3 is 2.60 bits per heavy atom. The number of carbonyl (C=O) groups is 1. The molecule has 0 aromatic heterocycles. The van der Waals surface area contributed by atoms with Gasteiger partial charge in [0.15, 0.2) is 0 Å². The number of para-hydroxylation sites is 1. The Morgan fingerprint density at radius 1 is 1.14 bits per heavy atom. The number of nitrogens with one attached hydrogen (secondary N) is 3. The molecular formula is C29H38N4O2. The van der Waals surface area contributed by atoms with E-state index in [0.29, 0.717) is 17.9 Å². The zero-order valence-corrected chi connectivity index (χ0v) is 21.0. The molecule has 0 aliphatic heterocycles. The third-order valence-corrected chi connectivity index (χ3v) is 6.22. The minimum absolute atomic E-state index is 0.00432. The SMILES string of the molecule is CCN(CCN/C(C=C=N)=C(\OC1CCCCC1)C(=O)Nc1ccccc1)Cc1cccc(C)c1. The van der Waals surface area contributed by atoms with Gasteiger partial charge in [-0.25, -0.2) is 0 Å². The largest absolute Gasteiger partial charge is 0.483 e. The zero-order chi connectivity index (χ0) is 24.9. The van der Waals surface area contributed by atoms with Gasteiger partial charge in [-0.05, 0) is 62.7 Å². The topological polar surface area (TPSA) is 77.5 Å². The van der Waals surface area contributed by atoms with E-state index in [4.69, 9.17) is 10.1 Å². The Bertz CT molecular complexity index is 1020. The molecule has 1 aliphatic carbocycles. The first-order valence-corrected chi connectivity index (χ1v) is 12.6. The van der Waals surface area contributed by atoms with Crippen LogP contribution in [0.2, 0.25) is 0 Å². The van der Waals surface area contributed by atoms with Crippen LogP contribution in [0.15, 0.2) is 72.1 Å². The van der Waals surface area contributed by atoms with Crippen molar-refractivity contribution < 1.29 is 9.53 Å². The van der Waals surface area contributed by atoms with E-state index >= 15 is 0 Å². The molecule has 3 rings (SSSR count). The quantitative estimate of drug-likeness (QED) is 0.166. The summed E-state index contributed by atoms with van der Waals surface area (Å²) in [4.78, 5) is 15.6. The third kappa shape index (κ3) is 8.75. The van der Waals surface area contributed by atoms with Crippen molar-refractivity contribution in [2.24, 2.45) is 0 Å². The molecule has 1 fully saturated rings. The summed E-state index contributed by atoms with van der Waals surface area (Å²) in [5.74, 6) is 2.24. The average Bonchev–Trinajstić information content (AvgIpc) is 2.87. The molecule has 1 saturated carbocycles. The maximum atomic E-state index is 13.3. The van der Waals surface area contributed by atoms with Crippen molar-refractivity contribution in [3.63, 3.8) is 0 Å². The van der Waals surface area contributed by atoms with Crippen molar-refractivity contribution in [2.45, 2.75) is 58.6 Å². The van der Waals surface area contributed by atoms with Gasteiger partial charge in [0.25, 0.3) is 5.91 Å². The number of hydrogen-bond acceptors (Lipinski definition) is 5. The predicted molar refractivity (Wildman–Crippen MR) is 142 cm³/mol. The molecule has 0 atom stereocenters. The molecular weight excluding hydrogens is 436 g/mol. The van der Waals surface area contributed by atoms with Gasteiger partial charge in [0.1, 0.15) is 0 Å². The molecule has 186 valence electrons. The number of likely N-dealkylation sites (N-methyl/N-ethyl adjacent to an activating group) is 1. The summed E-state index contributed by atoms with van der Waals surface area (Å²) in [6.45, 7) is 7.43. The first-order valence-electron chi connectivity index (χ1n) is 12.6. The molecule has 3 N–H and O–H groups in total. The maximum absolute atomic E-state index is 13.3. The fraction of sp³-hybridized carbons (Fsp3) is 0.414. The summed E-state index contributed by atoms with van der Waals surface area (Å²) in [6.07, 6.45) is 6.77. The Morgan fingerprint density at radius 2 is 1.91 bits per heavy atom. The van der Waals surface area contributed by atoms with Gasteiger partial charge in [0.2, 0.25) is 5.76 Å². The number of aryl methyl sites for hydroxylation is 1. The van der Waals surface area contributed by atoms with E-state index in [-0.39, 0.29) is 17.8 Å². The summed E-state index contributed by atoms with van der Waals surface area (Å²) in [7, 11) is 0. The molecule has 2 aromatic carbocycles. The summed E-state index contributed by atoms with van der Waals surface area (Å²) >= 11 is 0. The van der Waals surface area contributed by atoms with Crippen LogP contribution < -0.4 is 10.6 Å². The number of anilines is 1. The number of benzene rings is 2. The second-order valence-corrected chi connectivity index (χ2v) is 9.01. The molecule has 0 bridgehead atoms. The number of ether oxygens (including phenoxy) is 1. The Kier molecular flexibility index (Phi) is 10.6. The van der Waals surface area contributed by atoms with Crippen molar-refractivity contribution in [1.29, 1.82) is 5.41 Å². The summed E-state index contributed by atoms with van der Waals surface area (Å²) < 4.78 is 6.27. The highest BCUT2D eigenvalue weighted by Gasteiger charge is 2.23. The summed E-state index contributed by atoms with van der Waals surface area (Å²) in [6, 6.07) is 17.9. The van der Waals surface area contributed by atoms with Crippen molar-refractivity contribution in [1.82, 2.24) is 10.2 Å². The van der Waals surface area contributed by atoms with E-state index in [9.17, 15) is 4.79 Å². The standard InChI is InChI=1S/C29H38N4O2/c1-3-33(22-24-12-10-11-23(2)21-24)20-19-31-27(17-18-30)28(35-26-15-8-5-9-16-26)29(34)32-25-13-6-4-7-14-25/h4,6-7,10-14,17,21,26,30-31H,3,5,8-9,15-16,19-20,22H2,1-2H3,(H,32,34)/b28-27-. The van der Waals surface area contributed by atoms with Crippen LogP contribution in [0, 0.1) is 12.3 Å². The van der Waals surface area contributed by atoms with Gasteiger partial charge in [-0.1, -0.05) is 61.4 Å². The first kappa shape index (κ1) is 26.3. The molecule has 0 saturated heterocycles. The molecule has 0 radical (unpaired) electrons. The zero-order valence-electron chi connectivity index (χ0n) is 21.0. The van der Waals surface area contributed by atoms with Gasteiger partial charge in [0.05, 0.1) is 11.8 Å². The lowest BCUT2D eigenvalue weighted by atomic mass is 9.98. The monoisotopic (exact) mass is 474 g/mol. The van der Waals surface area contributed by atoms with E-state index in [0.717, 1.165) is 45.3 Å². The molecule has 6 nitrogen and oxygen atoms in total. The number of amides is 1. The minimum atomic E-state index is -0.317. The van der Waals surface area contributed by atoms with Gasteiger partial charge in [-0.3, -0.25) is 15.1 Å². The average molecular weight is 475 g/mol. The van der Waals surface area contributed by atoms with Crippen LogP contribution in [0.4, 0.5) is 5.69 Å². The lowest BCUT2D eigenvalue weighted by Gasteiger charge is -2.26. The van der Waals surface area contributed by atoms with Gasteiger partial charge >= 0.3 is 0 Å². The number of nitrogens with zero attached hydrogens (tertiary/aromatic N) is 1. The molecule has 0 unspecified atom stereocenters. The highest BCUT2D eigenvalue weighted by atomic mass is 16.5. The van der Waals surface area contributed by atoms with Crippen LogP contribution in [0.25, 0.3) is 0 Å². The van der Waals surface area contributed by atoms with E-state index in [1.54, 1.807) is 0 Å².